The zero-order valence-corrected chi connectivity index (χ0v) is 12.7. The zero-order chi connectivity index (χ0) is 18.1. The fourth-order valence-corrected chi connectivity index (χ4v) is 2.75. The Labute approximate surface area is 139 Å². The second kappa shape index (κ2) is 6.43. The molecule has 2 aromatic carbocycles. The van der Waals surface area contributed by atoms with E-state index < -0.39 is 41.5 Å². The molecule has 0 saturated heterocycles. The standard InChI is InChI=1S/C18H12F3NO3/c19-9-2-4-12(15(21)5-9)17(23)7-13(18(24)25)14-8-22-16-6-10(20)1-3-11(14)16/h1-6,8,13,22H,7H2,(H,24,25). The lowest BCUT2D eigenvalue weighted by atomic mass is 9.91. The van der Waals surface area contributed by atoms with E-state index in [1.165, 1.54) is 24.4 Å². The van der Waals surface area contributed by atoms with Gasteiger partial charge in [0.2, 0.25) is 0 Å². The normalized spacial score (nSPS) is 12.3. The molecule has 1 unspecified atom stereocenters. The van der Waals surface area contributed by atoms with E-state index in [0.717, 1.165) is 12.1 Å². The quantitative estimate of drug-likeness (QED) is 0.685. The number of hydrogen-bond acceptors (Lipinski definition) is 2. The maximum atomic E-state index is 13.7. The number of fused-ring (bicyclic) bond motifs is 1. The number of nitrogens with one attached hydrogen (secondary N) is 1. The third-order valence-corrected chi connectivity index (χ3v) is 3.97. The molecule has 0 bridgehead atoms. The topological polar surface area (TPSA) is 70.2 Å². The number of carboxylic acid groups (broad SMARTS) is 1. The molecular formula is C18H12F3NO3. The van der Waals surface area contributed by atoms with Crippen LogP contribution in [-0.4, -0.2) is 21.8 Å². The Morgan fingerprint density at radius 3 is 2.40 bits per heavy atom. The number of hydrogen-bond donors (Lipinski definition) is 2. The highest BCUT2D eigenvalue weighted by atomic mass is 19.1. The van der Waals surface area contributed by atoms with E-state index in [1.807, 2.05) is 0 Å². The van der Waals surface area contributed by atoms with Crippen LogP contribution in [0, 0.1) is 17.5 Å². The van der Waals surface area contributed by atoms with Crippen LogP contribution < -0.4 is 0 Å². The molecule has 1 heterocycles. The number of rotatable bonds is 5. The van der Waals surface area contributed by atoms with E-state index in [2.05, 4.69) is 4.98 Å². The van der Waals surface area contributed by atoms with Gasteiger partial charge in [-0.15, -0.1) is 0 Å². The average Bonchev–Trinajstić information content (AvgIpc) is 2.94. The number of carbonyl (C=O) groups is 2. The van der Waals surface area contributed by atoms with Crippen LogP contribution in [0.3, 0.4) is 0 Å². The van der Waals surface area contributed by atoms with Crippen molar-refractivity contribution in [3.8, 4) is 0 Å². The van der Waals surface area contributed by atoms with Crippen molar-refractivity contribution in [3.63, 3.8) is 0 Å². The number of halogens is 3. The predicted octanol–water partition coefficient (Wildman–Crippen LogP) is 4.03. The van der Waals surface area contributed by atoms with Gasteiger partial charge in [-0.2, -0.15) is 0 Å². The second-order valence-electron chi connectivity index (χ2n) is 5.58. The fourth-order valence-electron chi connectivity index (χ4n) is 2.75. The van der Waals surface area contributed by atoms with Crippen LogP contribution in [0.2, 0.25) is 0 Å². The van der Waals surface area contributed by atoms with Gasteiger partial charge in [0.05, 0.1) is 11.5 Å². The Morgan fingerprint density at radius 2 is 1.72 bits per heavy atom. The molecule has 128 valence electrons. The van der Waals surface area contributed by atoms with Crippen LogP contribution in [0.1, 0.15) is 28.3 Å². The molecule has 1 atom stereocenters. The smallest absolute Gasteiger partial charge is 0.311 e. The third-order valence-electron chi connectivity index (χ3n) is 3.97. The maximum absolute atomic E-state index is 13.7. The highest BCUT2D eigenvalue weighted by molar-refractivity contribution is 6.00. The van der Waals surface area contributed by atoms with Crippen molar-refractivity contribution in [2.75, 3.05) is 0 Å². The lowest BCUT2D eigenvalue weighted by molar-refractivity contribution is -0.138. The molecule has 0 aliphatic heterocycles. The highest BCUT2D eigenvalue weighted by Crippen LogP contribution is 2.30. The average molecular weight is 347 g/mol. The molecule has 3 aromatic rings. The lowest BCUT2D eigenvalue weighted by Crippen LogP contribution is -2.17. The largest absolute Gasteiger partial charge is 0.481 e. The first-order valence-corrected chi connectivity index (χ1v) is 7.34. The SMILES string of the molecule is O=C(CC(C(=O)O)c1c[nH]c2cc(F)ccc12)c1ccc(F)cc1F. The summed E-state index contributed by atoms with van der Waals surface area (Å²) in [4.78, 5) is 26.7. The summed E-state index contributed by atoms with van der Waals surface area (Å²) in [6.45, 7) is 0. The van der Waals surface area contributed by atoms with Gasteiger partial charge >= 0.3 is 5.97 Å². The molecule has 0 saturated carbocycles. The van der Waals surface area contributed by atoms with Crippen molar-refractivity contribution in [3.05, 3.63) is 71.2 Å². The Kier molecular flexibility index (Phi) is 4.31. The predicted molar refractivity (Wildman–Crippen MR) is 83.9 cm³/mol. The van der Waals surface area contributed by atoms with Gasteiger partial charge in [-0.1, -0.05) is 0 Å². The number of H-pyrrole nitrogens is 1. The Morgan fingerprint density at radius 1 is 1.04 bits per heavy atom. The van der Waals surface area contributed by atoms with Crippen molar-refractivity contribution in [1.82, 2.24) is 4.98 Å². The number of ketones is 1. The van der Waals surface area contributed by atoms with Gasteiger partial charge in [-0.25, -0.2) is 13.2 Å². The minimum absolute atomic E-state index is 0.290. The van der Waals surface area contributed by atoms with Gasteiger partial charge in [0.15, 0.2) is 5.78 Å². The van der Waals surface area contributed by atoms with Crippen LogP contribution >= 0.6 is 0 Å². The molecule has 4 nitrogen and oxygen atoms in total. The first-order valence-electron chi connectivity index (χ1n) is 7.34. The number of carbonyl (C=O) groups excluding carboxylic acids is 1. The van der Waals surface area contributed by atoms with E-state index >= 15 is 0 Å². The number of aromatic nitrogens is 1. The van der Waals surface area contributed by atoms with Crippen molar-refractivity contribution in [2.24, 2.45) is 0 Å². The summed E-state index contributed by atoms with van der Waals surface area (Å²) in [5, 5.41) is 9.93. The maximum Gasteiger partial charge on any atom is 0.311 e. The van der Waals surface area contributed by atoms with Crippen molar-refractivity contribution in [2.45, 2.75) is 12.3 Å². The number of benzene rings is 2. The molecule has 0 aliphatic rings. The van der Waals surface area contributed by atoms with Crippen molar-refractivity contribution < 1.29 is 27.9 Å². The monoisotopic (exact) mass is 347 g/mol. The number of carboxylic acids is 1. The Hall–Kier alpha value is -3.09. The van der Waals surface area contributed by atoms with E-state index in [-0.39, 0.29) is 5.56 Å². The Bertz CT molecular complexity index is 981. The molecule has 0 amide bonds. The summed E-state index contributed by atoms with van der Waals surface area (Å²) in [5.41, 5.74) is 0.304. The van der Waals surface area contributed by atoms with E-state index in [4.69, 9.17) is 0 Å². The summed E-state index contributed by atoms with van der Waals surface area (Å²) in [6, 6.07) is 6.28. The van der Waals surface area contributed by atoms with Gasteiger partial charge < -0.3 is 10.1 Å². The van der Waals surface area contributed by atoms with Crippen molar-refractivity contribution >= 4 is 22.7 Å². The molecule has 0 radical (unpaired) electrons. The van der Waals surface area contributed by atoms with Crippen LogP contribution in [-0.2, 0) is 4.79 Å². The summed E-state index contributed by atoms with van der Waals surface area (Å²) in [7, 11) is 0. The number of aliphatic carboxylic acids is 1. The molecule has 0 fully saturated rings. The molecule has 2 N–H and O–H groups in total. The second-order valence-corrected chi connectivity index (χ2v) is 5.58. The first kappa shape index (κ1) is 16.8. The molecular weight excluding hydrogens is 335 g/mol. The van der Waals surface area contributed by atoms with Crippen LogP contribution in [0.5, 0.6) is 0 Å². The minimum Gasteiger partial charge on any atom is -0.481 e. The van der Waals surface area contributed by atoms with Gasteiger partial charge in [0.25, 0.3) is 0 Å². The van der Waals surface area contributed by atoms with Crippen LogP contribution in [0.15, 0.2) is 42.6 Å². The Balaban J connectivity index is 1.96. The van der Waals surface area contributed by atoms with E-state index in [9.17, 15) is 27.9 Å². The zero-order valence-electron chi connectivity index (χ0n) is 12.7. The van der Waals surface area contributed by atoms with Gasteiger partial charge in [0.1, 0.15) is 17.5 Å². The van der Waals surface area contributed by atoms with Gasteiger partial charge in [-0.3, -0.25) is 9.59 Å². The minimum atomic E-state index is -1.28. The van der Waals surface area contributed by atoms with Crippen LogP contribution in [0.4, 0.5) is 13.2 Å². The number of Topliss-reactive ketones (excluding diaryl/α,β-unsaturated/α-hetero) is 1. The summed E-state index contributed by atoms with van der Waals surface area (Å²) in [6.07, 6.45) is 0.874. The first-order chi connectivity index (χ1) is 11.9. The van der Waals surface area contributed by atoms with Gasteiger partial charge in [0, 0.05) is 29.6 Å². The molecule has 25 heavy (non-hydrogen) atoms. The molecule has 3 rings (SSSR count). The summed E-state index contributed by atoms with van der Waals surface area (Å²) < 4.78 is 39.9. The van der Waals surface area contributed by atoms with Crippen LogP contribution in [0.25, 0.3) is 10.9 Å². The van der Waals surface area contributed by atoms with E-state index in [1.54, 1.807) is 0 Å². The molecule has 0 spiro atoms. The van der Waals surface area contributed by atoms with Crippen molar-refractivity contribution in [1.29, 1.82) is 0 Å². The highest BCUT2D eigenvalue weighted by Gasteiger charge is 2.27. The fraction of sp³-hybridized carbons (Fsp3) is 0.111. The summed E-state index contributed by atoms with van der Waals surface area (Å²) in [5.74, 6) is -5.66. The van der Waals surface area contributed by atoms with Gasteiger partial charge in [-0.05, 0) is 35.9 Å². The summed E-state index contributed by atoms with van der Waals surface area (Å²) >= 11 is 0. The molecule has 7 heteroatoms. The van der Waals surface area contributed by atoms with E-state index in [0.29, 0.717) is 22.5 Å². The lowest BCUT2D eigenvalue weighted by Gasteiger charge is -2.11. The molecule has 1 aromatic heterocycles. The third kappa shape index (κ3) is 3.26. The molecule has 0 aliphatic carbocycles. The number of aromatic amines is 1.